The largest absolute Gasteiger partial charge is 0.478 e. The Labute approximate surface area is 79.5 Å². The lowest BCUT2D eigenvalue weighted by Crippen LogP contribution is -1.91. The molecule has 1 N–H and O–H groups in total. The maximum Gasteiger partial charge on any atom is 0.328 e. The summed E-state index contributed by atoms with van der Waals surface area (Å²) in [6.07, 6.45) is 2.07. The van der Waals surface area contributed by atoms with Crippen LogP contribution in [0.4, 0.5) is 8.78 Å². The number of carboxylic acid groups (broad SMARTS) is 1. The number of carbonyl (C=O) groups is 1. The first-order chi connectivity index (χ1) is 6.50. The van der Waals surface area contributed by atoms with Gasteiger partial charge >= 0.3 is 5.97 Å². The molecule has 0 bridgehead atoms. The number of hydrogen-bond acceptors (Lipinski definition) is 1. The van der Waals surface area contributed by atoms with Gasteiger partial charge in [-0.15, -0.1) is 0 Å². The van der Waals surface area contributed by atoms with Crippen molar-refractivity contribution in [1.29, 1.82) is 0 Å². The average Bonchev–Trinajstić information content (AvgIpc) is 2.10. The standard InChI is InChI=1S/C10H8F2O2/c1-6-4-7(2-3-9(13)14)5-8(11)10(6)12/h2-5H,1H3,(H,13,14)/b3-2+. The predicted octanol–water partition coefficient (Wildman–Crippen LogP) is 2.37. The van der Waals surface area contributed by atoms with E-state index in [0.29, 0.717) is 5.56 Å². The van der Waals surface area contributed by atoms with Gasteiger partial charge in [0.1, 0.15) is 0 Å². The molecule has 0 aromatic heterocycles. The number of hydrogen-bond donors (Lipinski definition) is 1. The van der Waals surface area contributed by atoms with Crippen molar-refractivity contribution in [2.45, 2.75) is 6.92 Å². The van der Waals surface area contributed by atoms with Crippen LogP contribution in [0, 0.1) is 18.6 Å². The molecule has 0 spiro atoms. The fourth-order valence-electron chi connectivity index (χ4n) is 1.02. The van der Waals surface area contributed by atoms with Gasteiger partial charge < -0.3 is 5.11 Å². The maximum absolute atomic E-state index is 12.8. The normalized spacial score (nSPS) is 10.8. The highest BCUT2D eigenvalue weighted by molar-refractivity contribution is 5.85. The average molecular weight is 198 g/mol. The summed E-state index contributed by atoms with van der Waals surface area (Å²) >= 11 is 0. The monoisotopic (exact) mass is 198 g/mol. The summed E-state index contributed by atoms with van der Waals surface area (Å²) in [4.78, 5) is 10.2. The van der Waals surface area contributed by atoms with Gasteiger partial charge in [-0.25, -0.2) is 13.6 Å². The van der Waals surface area contributed by atoms with Crippen molar-refractivity contribution < 1.29 is 18.7 Å². The van der Waals surface area contributed by atoms with Crippen molar-refractivity contribution in [1.82, 2.24) is 0 Å². The zero-order valence-corrected chi connectivity index (χ0v) is 7.42. The van der Waals surface area contributed by atoms with Crippen LogP contribution in [0.15, 0.2) is 18.2 Å². The van der Waals surface area contributed by atoms with Crippen molar-refractivity contribution in [2.24, 2.45) is 0 Å². The number of rotatable bonds is 2. The molecule has 1 aromatic carbocycles. The van der Waals surface area contributed by atoms with Crippen LogP contribution in [-0.4, -0.2) is 11.1 Å². The number of benzene rings is 1. The highest BCUT2D eigenvalue weighted by Crippen LogP contribution is 2.14. The zero-order valence-electron chi connectivity index (χ0n) is 7.42. The summed E-state index contributed by atoms with van der Waals surface area (Å²) in [7, 11) is 0. The third kappa shape index (κ3) is 2.39. The second-order valence-corrected chi connectivity index (χ2v) is 2.81. The number of aryl methyl sites for hydroxylation is 1. The molecule has 74 valence electrons. The quantitative estimate of drug-likeness (QED) is 0.740. The van der Waals surface area contributed by atoms with Crippen LogP contribution in [0.2, 0.25) is 0 Å². The molecule has 14 heavy (non-hydrogen) atoms. The van der Waals surface area contributed by atoms with Crippen LogP contribution >= 0.6 is 0 Å². The molecule has 0 aliphatic heterocycles. The Morgan fingerprint density at radius 3 is 2.57 bits per heavy atom. The van der Waals surface area contributed by atoms with Crippen LogP contribution in [-0.2, 0) is 4.79 Å². The van der Waals surface area contributed by atoms with Crippen LogP contribution in [0.5, 0.6) is 0 Å². The van der Waals surface area contributed by atoms with E-state index < -0.39 is 17.6 Å². The van der Waals surface area contributed by atoms with Gasteiger partial charge in [0.25, 0.3) is 0 Å². The van der Waals surface area contributed by atoms with E-state index in [-0.39, 0.29) is 5.56 Å². The molecule has 2 nitrogen and oxygen atoms in total. The fourth-order valence-corrected chi connectivity index (χ4v) is 1.02. The Kier molecular flexibility index (Phi) is 2.96. The van der Waals surface area contributed by atoms with Gasteiger partial charge in [0.2, 0.25) is 0 Å². The van der Waals surface area contributed by atoms with Crippen LogP contribution < -0.4 is 0 Å². The van der Waals surface area contributed by atoms with E-state index >= 15 is 0 Å². The van der Waals surface area contributed by atoms with Gasteiger partial charge in [0, 0.05) is 6.08 Å². The van der Waals surface area contributed by atoms with E-state index in [4.69, 9.17) is 5.11 Å². The van der Waals surface area contributed by atoms with Gasteiger partial charge in [0.05, 0.1) is 0 Å². The summed E-state index contributed by atoms with van der Waals surface area (Å²) in [6, 6.07) is 2.32. The Morgan fingerprint density at radius 1 is 1.43 bits per heavy atom. The van der Waals surface area contributed by atoms with E-state index in [1.807, 2.05) is 0 Å². The Bertz CT molecular complexity index is 374. The zero-order chi connectivity index (χ0) is 10.7. The summed E-state index contributed by atoms with van der Waals surface area (Å²) in [5, 5.41) is 8.31. The first kappa shape index (κ1) is 10.4. The second kappa shape index (κ2) is 4.00. The molecule has 0 saturated carbocycles. The lowest BCUT2D eigenvalue weighted by molar-refractivity contribution is -0.131. The van der Waals surface area contributed by atoms with E-state index in [1.165, 1.54) is 19.1 Å². The maximum atomic E-state index is 12.8. The highest BCUT2D eigenvalue weighted by atomic mass is 19.2. The van der Waals surface area contributed by atoms with Gasteiger partial charge in [0.15, 0.2) is 11.6 Å². The Balaban J connectivity index is 3.07. The summed E-state index contributed by atoms with van der Waals surface area (Å²) in [5.74, 6) is -3.01. The minimum Gasteiger partial charge on any atom is -0.478 e. The third-order valence-electron chi connectivity index (χ3n) is 1.65. The van der Waals surface area contributed by atoms with Crippen molar-refractivity contribution in [3.05, 3.63) is 41.0 Å². The van der Waals surface area contributed by atoms with E-state index in [0.717, 1.165) is 12.1 Å². The van der Waals surface area contributed by atoms with Gasteiger partial charge in [-0.1, -0.05) is 0 Å². The predicted molar refractivity (Wildman–Crippen MR) is 47.8 cm³/mol. The molecule has 1 rings (SSSR count). The molecule has 0 amide bonds. The van der Waals surface area contributed by atoms with Crippen molar-refractivity contribution in [3.63, 3.8) is 0 Å². The third-order valence-corrected chi connectivity index (χ3v) is 1.65. The molecule has 0 unspecified atom stereocenters. The molecule has 0 aliphatic carbocycles. The van der Waals surface area contributed by atoms with Gasteiger partial charge in [-0.2, -0.15) is 0 Å². The first-order valence-corrected chi connectivity index (χ1v) is 3.87. The topological polar surface area (TPSA) is 37.3 Å². The van der Waals surface area contributed by atoms with Crippen LogP contribution in [0.3, 0.4) is 0 Å². The van der Waals surface area contributed by atoms with Crippen molar-refractivity contribution in [2.75, 3.05) is 0 Å². The molecule has 0 fully saturated rings. The van der Waals surface area contributed by atoms with Crippen molar-refractivity contribution >= 4 is 12.0 Å². The van der Waals surface area contributed by atoms with E-state index in [9.17, 15) is 13.6 Å². The summed E-state index contributed by atoms with van der Waals surface area (Å²) < 4.78 is 25.6. The lowest BCUT2D eigenvalue weighted by atomic mass is 10.1. The molecular weight excluding hydrogens is 190 g/mol. The Morgan fingerprint density at radius 2 is 2.07 bits per heavy atom. The Hall–Kier alpha value is -1.71. The van der Waals surface area contributed by atoms with E-state index in [1.54, 1.807) is 0 Å². The minimum atomic E-state index is -1.13. The lowest BCUT2D eigenvalue weighted by Gasteiger charge is -1.99. The molecule has 0 atom stereocenters. The summed E-state index contributed by atoms with van der Waals surface area (Å²) in [6.45, 7) is 1.41. The number of halogens is 2. The molecule has 0 saturated heterocycles. The molecule has 4 heteroatoms. The molecule has 0 heterocycles. The first-order valence-electron chi connectivity index (χ1n) is 3.87. The highest BCUT2D eigenvalue weighted by Gasteiger charge is 2.05. The van der Waals surface area contributed by atoms with Crippen molar-refractivity contribution in [3.8, 4) is 0 Å². The van der Waals surface area contributed by atoms with Crippen LogP contribution in [0.1, 0.15) is 11.1 Å². The van der Waals surface area contributed by atoms with Gasteiger partial charge in [-0.3, -0.25) is 0 Å². The minimum absolute atomic E-state index is 0.148. The fraction of sp³-hybridized carbons (Fsp3) is 0.100. The summed E-state index contributed by atoms with van der Waals surface area (Å²) in [5.41, 5.74) is 0.471. The molecular formula is C10H8F2O2. The smallest absolute Gasteiger partial charge is 0.328 e. The molecule has 0 radical (unpaired) electrons. The molecule has 0 aliphatic rings. The number of carboxylic acids is 1. The van der Waals surface area contributed by atoms with Crippen LogP contribution in [0.25, 0.3) is 6.08 Å². The second-order valence-electron chi connectivity index (χ2n) is 2.81. The SMILES string of the molecule is Cc1cc(/C=C/C(=O)O)cc(F)c1F. The number of aliphatic carboxylic acids is 1. The van der Waals surface area contributed by atoms with E-state index in [2.05, 4.69) is 0 Å². The molecule has 1 aromatic rings. The van der Waals surface area contributed by atoms with Gasteiger partial charge in [-0.05, 0) is 36.3 Å².